The summed E-state index contributed by atoms with van der Waals surface area (Å²) < 4.78 is 0. The fourth-order valence-corrected chi connectivity index (χ4v) is 2.43. The second-order valence-electron chi connectivity index (χ2n) is 3.38. The topological polar surface area (TPSA) is 20.3 Å². The Labute approximate surface area is 88.3 Å². The molecule has 1 aliphatic heterocycles. The van der Waals surface area contributed by atoms with Crippen LogP contribution in [-0.4, -0.2) is 24.0 Å². The molecule has 1 amide bonds. The monoisotopic (exact) mass is 207 g/mol. The number of rotatable bonds is 1. The molecule has 2 nitrogen and oxygen atoms in total. The van der Waals surface area contributed by atoms with Crippen LogP contribution in [0, 0.1) is 6.92 Å². The fourth-order valence-electron chi connectivity index (χ4n) is 1.64. The first-order valence-corrected chi connectivity index (χ1v) is 5.88. The van der Waals surface area contributed by atoms with Crippen LogP contribution in [0.4, 0.5) is 5.69 Å². The summed E-state index contributed by atoms with van der Waals surface area (Å²) in [6, 6.07) is 8.05. The maximum absolute atomic E-state index is 11.7. The van der Waals surface area contributed by atoms with Gasteiger partial charge in [-0.05, 0) is 18.6 Å². The molecule has 1 heterocycles. The van der Waals surface area contributed by atoms with Gasteiger partial charge in [-0.2, -0.15) is 11.8 Å². The Morgan fingerprint density at radius 3 is 2.86 bits per heavy atom. The van der Waals surface area contributed by atoms with Gasteiger partial charge in [0.25, 0.3) is 0 Å². The Hall–Kier alpha value is -0.960. The summed E-state index contributed by atoms with van der Waals surface area (Å²) in [7, 11) is 0. The Morgan fingerprint density at radius 1 is 1.36 bits per heavy atom. The van der Waals surface area contributed by atoms with Gasteiger partial charge in [0.2, 0.25) is 5.91 Å². The van der Waals surface area contributed by atoms with Gasteiger partial charge >= 0.3 is 0 Å². The Morgan fingerprint density at radius 2 is 2.14 bits per heavy atom. The van der Waals surface area contributed by atoms with E-state index in [2.05, 4.69) is 0 Å². The summed E-state index contributed by atoms with van der Waals surface area (Å²) in [6.45, 7) is 2.89. The second kappa shape index (κ2) is 4.05. The van der Waals surface area contributed by atoms with Gasteiger partial charge in [0.15, 0.2) is 0 Å². The lowest BCUT2D eigenvalue weighted by Gasteiger charge is -2.27. The fraction of sp³-hybridized carbons (Fsp3) is 0.364. The molecule has 1 aromatic rings. The minimum Gasteiger partial charge on any atom is -0.311 e. The number of para-hydroxylation sites is 1. The molecule has 1 fully saturated rings. The minimum atomic E-state index is 0.232. The zero-order valence-corrected chi connectivity index (χ0v) is 9.01. The van der Waals surface area contributed by atoms with Crippen molar-refractivity contribution in [3.63, 3.8) is 0 Å². The maximum Gasteiger partial charge on any atom is 0.237 e. The summed E-state index contributed by atoms with van der Waals surface area (Å²) in [5, 5.41) is 0. The van der Waals surface area contributed by atoms with E-state index in [1.54, 1.807) is 11.8 Å². The number of carbonyl (C=O) groups is 1. The van der Waals surface area contributed by atoms with Gasteiger partial charge in [0, 0.05) is 18.0 Å². The lowest BCUT2D eigenvalue weighted by molar-refractivity contribution is -0.116. The van der Waals surface area contributed by atoms with E-state index in [-0.39, 0.29) is 5.91 Å². The molecule has 3 heteroatoms. The molecule has 1 aliphatic rings. The quantitative estimate of drug-likeness (QED) is 0.702. The van der Waals surface area contributed by atoms with Crippen LogP contribution in [0.5, 0.6) is 0 Å². The largest absolute Gasteiger partial charge is 0.311 e. The summed E-state index contributed by atoms with van der Waals surface area (Å²) in [4.78, 5) is 13.5. The van der Waals surface area contributed by atoms with Crippen LogP contribution in [0.3, 0.4) is 0 Å². The van der Waals surface area contributed by atoms with E-state index in [1.807, 2.05) is 36.1 Å². The van der Waals surface area contributed by atoms with Crippen molar-refractivity contribution in [2.75, 3.05) is 23.0 Å². The van der Waals surface area contributed by atoms with Crippen LogP contribution in [0.25, 0.3) is 0 Å². The van der Waals surface area contributed by atoms with Crippen LogP contribution < -0.4 is 4.90 Å². The standard InChI is InChI=1S/C11H13NOS/c1-9-4-2-3-5-10(9)12-6-7-14-8-11(12)13/h2-5H,6-8H2,1H3. The van der Waals surface area contributed by atoms with E-state index < -0.39 is 0 Å². The van der Waals surface area contributed by atoms with Crippen molar-refractivity contribution in [2.24, 2.45) is 0 Å². The molecule has 0 atom stereocenters. The molecule has 0 bridgehead atoms. The molecular formula is C11H13NOS. The van der Waals surface area contributed by atoms with Crippen LogP contribution in [0.1, 0.15) is 5.56 Å². The van der Waals surface area contributed by atoms with Crippen molar-refractivity contribution in [3.8, 4) is 0 Å². The van der Waals surface area contributed by atoms with E-state index in [9.17, 15) is 4.79 Å². The first kappa shape index (κ1) is 9.59. The lowest BCUT2D eigenvalue weighted by atomic mass is 10.2. The summed E-state index contributed by atoms with van der Waals surface area (Å²) in [6.07, 6.45) is 0. The van der Waals surface area contributed by atoms with Crippen molar-refractivity contribution < 1.29 is 4.79 Å². The summed E-state index contributed by atoms with van der Waals surface area (Å²) in [5.74, 6) is 1.89. The van der Waals surface area contributed by atoms with Crippen molar-refractivity contribution in [3.05, 3.63) is 29.8 Å². The van der Waals surface area contributed by atoms with Gasteiger partial charge in [-0.25, -0.2) is 0 Å². The number of anilines is 1. The highest BCUT2D eigenvalue weighted by Gasteiger charge is 2.20. The van der Waals surface area contributed by atoms with E-state index in [4.69, 9.17) is 0 Å². The van der Waals surface area contributed by atoms with Crippen LogP contribution in [-0.2, 0) is 4.79 Å². The van der Waals surface area contributed by atoms with Gasteiger partial charge < -0.3 is 4.90 Å². The number of thioether (sulfide) groups is 1. The van der Waals surface area contributed by atoms with Crippen LogP contribution in [0.2, 0.25) is 0 Å². The van der Waals surface area contributed by atoms with Gasteiger partial charge in [-0.15, -0.1) is 0 Å². The number of aryl methyl sites for hydroxylation is 1. The summed E-state index contributed by atoms with van der Waals surface area (Å²) in [5.41, 5.74) is 2.24. The van der Waals surface area contributed by atoms with Crippen molar-refractivity contribution >= 4 is 23.4 Å². The number of benzene rings is 1. The Kier molecular flexibility index (Phi) is 2.77. The normalized spacial score (nSPS) is 17.2. The molecule has 74 valence electrons. The van der Waals surface area contributed by atoms with Crippen molar-refractivity contribution in [1.82, 2.24) is 0 Å². The van der Waals surface area contributed by atoms with Crippen LogP contribution in [0.15, 0.2) is 24.3 Å². The zero-order valence-electron chi connectivity index (χ0n) is 8.19. The van der Waals surface area contributed by atoms with Gasteiger partial charge in [0.1, 0.15) is 0 Å². The molecule has 0 spiro atoms. The van der Waals surface area contributed by atoms with E-state index >= 15 is 0 Å². The third kappa shape index (κ3) is 1.77. The highest BCUT2D eigenvalue weighted by molar-refractivity contribution is 8.00. The van der Waals surface area contributed by atoms with E-state index in [1.165, 1.54) is 5.56 Å². The van der Waals surface area contributed by atoms with Gasteiger partial charge in [-0.3, -0.25) is 4.79 Å². The zero-order chi connectivity index (χ0) is 9.97. The first-order valence-electron chi connectivity index (χ1n) is 4.73. The van der Waals surface area contributed by atoms with Gasteiger partial charge in [0.05, 0.1) is 5.75 Å². The SMILES string of the molecule is Cc1ccccc1N1CCSCC1=O. The molecule has 2 rings (SSSR count). The second-order valence-corrected chi connectivity index (χ2v) is 4.49. The smallest absolute Gasteiger partial charge is 0.237 e. The van der Waals surface area contributed by atoms with E-state index in [0.29, 0.717) is 5.75 Å². The van der Waals surface area contributed by atoms with Crippen LogP contribution >= 0.6 is 11.8 Å². The average molecular weight is 207 g/mol. The Balaban J connectivity index is 2.29. The van der Waals surface area contributed by atoms with Gasteiger partial charge in [-0.1, -0.05) is 18.2 Å². The molecule has 0 unspecified atom stereocenters. The molecule has 0 saturated carbocycles. The maximum atomic E-state index is 11.7. The van der Waals surface area contributed by atoms with E-state index in [0.717, 1.165) is 18.0 Å². The molecule has 0 aliphatic carbocycles. The predicted molar refractivity (Wildman–Crippen MR) is 60.9 cm³/mol. The number of amides is 1. The first-order chi connectivity index (χ1) is 6.79. The summed E-state index contributed by atoms with van der Waals surface area (Å²) >= 11 is 1.72. The third-order valence-corrected chi connectivity index (χ3v) is 3.31. The number of nitrogens with zero attached hydrogens (tertiary/aromatic N) is 1. The predicted octanol–water partition coefficient (Wildman–Crippen LogP) is 2.07. The minimum absolute atomic E-state index is 0.232. The molecule has 0 radical (unpaired) electrons. The third-order valence-electron chi connectivity index (χ3n) is 2.39. The molecule has 0 N–H and O–H groups in total. The number of hydrogen-bond donors (Lipinski definition) is 0. The molecule has 1 saturated heterocycles. The van der Waals surface area contributed by atoms with Crippen molar-refractivity contribution in [2.45, 2.75) is 6.92 Å². The molecule has 1 aromatic carbocycles. The number of hydrogen-bond acceptors (Lipinski definition) is 2. The highest BCUT2D eigenvalue weighted by atomic mass is 32.2. The Bertz CT molecular complexity index is 351. The molecule has 0 aromatic heterocycles. The highest BCUT2D eigenvalue weighted by Crippen LogP contribution is 2.23. The molecule has 14 heavy (non-hydrogen) atoms. The lowest BCUT2D eigenvalue weighted by Crippen LogP contribution is -2.38. The number of carbonyl (C=O) groups excluding carboxylic acids is 1. The molecular weight excluding hydrogens is 194 g/mol. The van der Waals surface area contributed by atoms with Crippen molar-refractivity contribution in [1.29, 1.82) is 0 Å². The average Bonchev–Trinajstić information content (AvgIpc) is 2.20.